The van der Waals surface area contributed by atoms with E-state index >= 15 is 0 Å². The van der Waals surface area contributed by atoms with Crippen LogP contribution in [0.15, 0.2) is 29.2 Å². The molecule has 1 aromatic carbocycles. The number of ether oxygens (including phenoxy) is 2. The van der Waals surface area contributed by atoms with Crippen molar-refractivity contribution in [1.82, 2.24) is 0 Å². The largest absolute Gasteiger partial charge is 0.469 e. The molecule has 0 radical (unpaired) electrons. The monoisotopic (exact) mass is 341 g/mol. The molecule has 1 rings (SSSR count). The zero-order chi connectivity index (χ0) is 17.4. The zero-order valence-corrected chi connectivity index (χ0v) is 14.0. The summed E-state index contributed by atoms with van der Waals surface area (Å²) < 4.78 is 9.79. The lowest BCUT2D eigenvalue weighted by Crippen LogP contribution is -2.34. The van der Waals surface area contributed by atoms with Crippen molar-refractivity contribution in [1.29, 1.82) is 0 Å². The van der Waals surface area contributed by atoms with Crippen LogP contribution in [0.25, 0.3) is 0 Å². The van der Waals surface area contributed by atoms with Gasteiger partial charge in [0.15, 0.2) is 0 Å². The number of hydrogen-bond donors (Lipinski definition) is 0. The zero-order valence-electron chi connectivity index (χ0n) is 13.2. The molecule has 7 nitrogen and oxygen atoms in total. The van der Waals surface area contributed by atoms with E-state index in [4.69, 9.17) is 9.47 Å². The number of methoxy groups -OCH3 is 1. The number of carbonyl (C=O) groups is 2. The summed E-state index contributed by atoms with van der Waals surface area (Å²) in [7, 11) is 1.27. The summed E-state index contributed by atoms with van der Waals surface area (Å²) in [6.45, 7) is 3.67. The lowest BCUT2D eigenvalue weighted by atomic mass is 10.0. The minimum absolute atomic E-state index is 0.0398. The Morgan fingerprint density at radius 2 is 1.83 bits per heavy atom. The number of nitrogens with zero attached hydrogens (tertiary/aromatic N) is 1. The van der Waals surface area contributed by atoms with E-state index in [0.29, 0.717) is 11.3 Å². The third kappa shape index (κ3) is 5.24. The average molecular weight is 341 g/mol. The second-order valence-corrected chi connectivity index (χ2v) is 5.79. The van der Waals surface area contributed by atoms with Crippen LogP contribution >= 0.6 is 11.8 Å². The van der Waals surface area contributed by atoms with Crippen molar-refractivity contribution in [2.24, 2.45) is 5.92 Å². The van der Waals surface area contributed by atoms with E-state index in [9.17, 15) is 19.7 Å². The van der Waals surface area contributed by atoms with E-state index in [0.717, 1.165) is 11.8 Å². The summed E-state index contributed by atoms with van der Waals surface area (Å²) in [5.74, 6) is -1.65. The summed E-state index contributed by atoms with van der Waals surface area (Å²) in [5, 5.41) is 9.90. The van der Waals surface area contributed by atoms with Crippen LogP contribution in [0.1, 0.15) is 20.3 Å². The normalized spacial score (nSPS) is 13.0. The van der Waals surface area contributed by atoms with Gasteiger partial charge in [-0.15, -0.1) is 11.8 Å². The maximum absolute atomic E-state index is 12.2. The van der Waals surface area contributed by atoms with Gasteiger partial charge in [-0.3, -0.25) is 19.7 Å². The Morgan fingerprint density at radius 1 is 1.22 bits per heavy atom. The summed E-state index contributed by atoms with van der Waals surface area (Å²) >= 11 is 1.14. The Kier molecular flexibility index (Phi) is 7.53. The summed E-state index contributed by atoms with van der Waals surface area (Å²) in [5.41, 5.74) is -0.0398. The van der Waals surface area contributed by atoms with Gasteiger partial charge in [-0.2, -0.15) is 0 Å². The van der Waals surface area contributed by atoms with Gasteiger partial charge in [0.25, 0.3) is 5.69 Å². The number of carbonyl (C=O) groups excluding carboxylic acids is 2. The van der Waals surface area contributed by atoms with Crippen LogP contribution in [-0.4, -0.2) is 35.8 Å². The quantitative estimate of drug-likeness (QED) is 0.310. The van der Waals surface area contributed by atoms with Crippen molar-refractivity contribution in [3.8, 4) is 0 Å². The molecule has 2 atom stereocenters. The molecule has 126 valence electrons. The van der Waals surface area contributed by atoms with E-state index in [1.165, 1.54) is 19.2 Å². The van der Waals surface area contributed by atoms with Crippen molar-refractivity contribution < 1.29 is 24.0 Å². The molecule has 0 spiro atoms. The third-order valence-corrected chi connectivity index (χ3v) is 4.46. The molecule has 0 saturated carbocycles. The Hall–Kier alpha value is -2.09. The molecule has 0 aliphatic rings. The number of rotatable bonds is 8. The number of nitro groups is 1. The predicted octanol–water partition coefficient (Wildman–Crippen LogP) is 2.82. The topological polar surface area (TPSA) is 95.7 Å². The standard InChI is InChI=1S/C15H19NO6S/c1-4-12(14(17)21-3)13(15(18)22-5-2)23-11-8-6-10(7-9-11)16(19)20/h6-9,12-13H,4-5H2,1-3H3/t12-,13+/m0/s1. The van der Waals surface area contributed by atoms with Gasteiger partial charge >= 0.3 is 11.9 Å². The first kappa shape index (κ1) is 19.0. The van der Waals surface area contributed by atoms with Crippen LogP contribution in [0, 0.1) is 16.0 Å². The third-order valence-electron chi connectivity index (χ3n) is 3.14. The fourth-order valence-corrected chi connectivity index (χ4v) is 3.19. The highest BCUT2D eigenvalue weighted by molar-refractivity contribution is 8.00. The smallest absolute Gasteiger partial charge is 0.320 e. The molecule has 0 N–H and O–H groups in total. The molecule has 0 amide bonds. The maximum atomic E-state index is 12.2. The SMILES string of the molecule is CCOC(=O)[C@H](Sc1ccc([N+](=O)[O-])cc1)[C@H](CC)C(=O)OC. The minimum Gasteiger partial charge on any atom is -0.469 e. The molecule has 1 aromatic rings. The van der Waals surface area contributed by atoms with E-state index in [-0.39, 0.29) is 12.3 Å². The molecule has 0 bridgehead atoms. The van der Waals surface area contributed by atoms with E-state index in [1.54, 1.807) is 26.0 Å². The Morgan fingerprint density at radius 3 is 2.26 bits per heavy atom. The summed E-state index contributed by atoms with van der Waals surface area (Å²) in [6, 6.07) is 5.78. The molecule has 0 aliphatic carbocycles. The molecular weight excluding hydrogens is 322 g/mol. The summed E-state index contributed by atoms with van der Waals surface area (Å²) in [6.07, 6.45) is 0.413. The maximum Gasteiger partial charge on any atom is 0.320 e. The van der Waals surface area contributed by atoms with Gasteiger partial charge in [-0.25, -0.2) is 0 Å². The molecule has 0 fully saturated rings. The van der Waals surface area contributed by atoms with Gasteiger partial charge in [0, 0.05) is 17.0 Å². The van der Waals surface area contributed by atoms with Crippen molar-refractivity contribution >= 4 is 29.4 Å². The number of hydrogen-bond acceptors (Lipinski definition) is 7. The molecule has 0 aliphatic heterocycles. The molecule has 0 aromatic heterocycles. The second kappa shape index (κ2) is 9.14. The number of nitro benzene ring substituents is 1. The fourth-order valence-electron chi connectivity index (χ4n) is 1.97. The van der Waals surface area contributed by atoms with Gasteiger partial charge in [0.2, 0.25) is 0 Å². The van der Waals surface area contributed by atoms with Gasteiger partial charge < -0.3 is 9.47 Å². The van der Waals surface area contributed by atoms with Crippen LogP contribution in [-0.2, 0) is 19.1 Å². The first-order valence-corrected chi connectivity index (χ1v) is 7.98. The molecule has 23 heavy (non-hydrogen) atoms. The number of esters is 2. The van der Waals surface area contributed by atoms with Crippen molar-refractivity contribution in [3.05, 3.63) is 34.4 Å². The number of non-ortho nitro benzene ring substituents is 1. The van der Waals surface area contributed by atoms with E-state index in [2.05, 4.69) is 0 Å². The van der Waals surface area contributed by atoms with Crippen LogP contribution < -0.4 is 0 Å². The molecular formula is C15H19NO6S. The van der Waals surface area contributed by atoms with Crippen LogP contribution in [0.2, 0.25) is 0 Å². The Labute approximate surface area is 138 Å². The second-order valence-electron chi connectivity index (χ2n) is 4.58. The first-order valence-electron chi connectivity index (χ1n) is 7.10. The average Bonchev–Trinajstić information content (AvgIpc) is 2.54. The highest BCUT2D eigenvalue weighted by Gasteiger charge is 2.35. The van der Waals surface area contributed by atoms with Crippen LogP contribution in [0.5, 0.6) is 0 Å². The predicted molar refractivity (Wildman–Crippen MR) is 85.2 cm³/mol. The molecule has 0 unspecified atom stereocenters. The van der Waals surface area contributed by atoms with Gasteiger partial charge in [0.1, 0.15) is 5.25 Å². The van der Waals surface area contributed by atoms with Crippen molar-refractivity contribution in [2.75, 3.05) is 13.7 Å². The van der Waals surface area contributed by atoms with E-state index < -0.39 is 28.0 Å². The van der Waals surface area contributed by atoms with Gasteiger partial charge in [-0.05, 0) is 25.5 Å². The summed E-state index contributed by atoms with van der Waals surface area (Å²) in [4.78, 5) is 34.9. The minimum atomic E-state index is -0.770. The van der Waals surface area contributed by atoms with Crippen molar-refractivity contribution in [2.45, 2.75) is 30.4 Å². The molecule has 0 saturated heterocycles. The van der Waals surface area contributed by atoms with Crippen molar-refractivity contribution in [3.63, 3.8) is 0 Å². The number of benzene rings is 1. The Balaban J connectivity index is 3.02. The highest BCUT2D eigenvalue weighted by atomic mass is 32.2. The molecule has 8 heteroatoms. The first-order chi connectivity index (χ1) is 10.9. The van der Waals surface area contributed by atoms with E-state index in [1.807, 2.05) is 0 Å². The molecule has 0 heterocycles. The number of thioether (sulfide) groups is 1. The van der Waals surface area contributed by atoms with Gasteiger partial charge in [-0.1, -0.05) is 6.92 Å². The lowest BCUT2D eigenvalue weighted by molar-refractivity contribution is -0.384. The highest BCUT2D eigenvalue weighted by Crippen LogP contribution is 2.32. The van der Waals surface area contributed by atoms with Gasteiger partial charge in [0.05, 0.1) is 24.6 Å². The fraction of sp³-hybridized carbons (Fsp3) is 0.467. The van der Waals surface area contributed by atoms with Crippen LogP contribution in [0.3, 0.4) is 0 Å². The van der Waals surface area contributed by atoms with Crippen LogP contribution in [0.4, 0.5) is 5.69 Å². The lowest BCUT2D eigenvalue weighted by Gasteiger charge is -2.22. The Bertz CT molecular complexity index is 560.